The van der Waals surface area contributed by atoms with E-state index in [9.17, 15) is 9.59 Å². The molecule has 0 N–H and O–H groups in total. The molecule has 0 radical (unpaired) electrons. The van der Waals surface area contributed by atoms with Gasteiger partial charge in [0.05, 0.1) is 7.11 Å². The Morgan fingerprint density at radius 1 is 1.03 bits per heavy atom. The number of ether oxygens (including phenoxy) is 1. The minimum Gasteiger partial charge on any atom is -0.497 e. The van der Waals surface area contributed by atoms with Gasteiger partial charge in [-0.3, -0.25) is 13.9 Å². The van der Waals surface area contributed by atoms with Crippen LogP contribution < -0.4 is 20.9 Å². The van der Waals surface area contributed by atoms with Crippen LogP contribution in [0.3, 0.4) is 0 Å². The lowest BCUT2D eigenvalue weighted by Gasteiger charge is -2.16. The van der Waals surface area contributed by atoms with Crippen molar-refractivity contribution in [2.24, 2.45) is 7.05 Å². The number of benzene rings is 2. The minimum absolute atomic E-state index is 0.194. The molecule has 0 spiro atoms. The second-order valence-corrected chi connectivity index (χ2v) is 7.66. The summed E-state index contributed by atoms with van der Waals surface area (Å²) < 4.78 is 9.85. The average Bonchev–Trinajstić information content (AvgIpc) is 3.40. The number of aryl methyl sites for hydroxylation is 1. The number of methoxy groups -OCH3 is 1. The van der Waals surface area contributed by atoms with E-state index in [4.69, 9.17) is 4.74 Å². The number of nitrogens with zero attached hydrogens (tertiary/aromatic N) is 5. The maximum atomic E-state index is 13.3. The summed E-state index contributed by atoms with van der Waals surface area (Å²) in [6, 6.07) is 17.5. The smallest absolute Gasteiger partial charge is 0.332 e. The van der Waals surface area contributed by atoms with Gasteiger partial charge >= 0.3 is 5.69 Å². The van der Waals surface area contributed by atoms with E-state index in [1.54, 1.807) is 14.2 Å². The van der Waals surface area contributed by atoms with E-state index in [2.05, 4.69) is 4.98 Å². The molecule has 0 amide bonds. The Balaban J connectivity index is 1.56. The first-order valence-electron chi connectivity index (χ1n) is 10.4. The van der Waals surface area contributed by atoms with Crippen LogP contribution in [0, 0.1) is 0 Å². The number of hydrogen-bond donors (Lipinski definition) is 0. The monoisotopic (exact) mass is 429 g/mol. The third-order valence-corrected chi connectivity index (χ3v) is 5.78. The number of allylic oxidation sites excluding steroid dienone is 1. The summed E-state index contributed by atoms with van der Waals surface area (Å²) in [7, 11) is 3.28. The highest BCUT2D eigenvalue weighted by Gasteiger charge is 2.28. The fraction of sp³-hybridized carbons (Fsp3) is 0.208. The summed E-state index contributed by atoms with van der Waals surface area (Å²) in [5, 5.41) is 0. The van der Waals surface area contributed by atoms with Crippen molar-refractivity contribution in [3.8, 4) is 5.75 Å². The average molecular weight is 429 g/mol. The van der Waals surface area contributed by atoms with E-state index in [0.29, 0.717) is 30.2 Å². The van der Waals surface area contributed by atoms with E-state index >= 15 is 0 Å². The highest BCUT2D eigenvalue weighted by atomic mass is 16.5. The Morgan fingerprint density at radius 3 is 2.50 bits per heavy atom. The van der Waals surface area contributed by atoms with Crippen molar-refractivity contribution < 1.29 is 4.74 Å². The van der Waals surface area contributed by atoms with Gasteiger partial charge in [-0.2, -0.15) is 4.98 Å². The zero-order valence-corrected chi connectivity index (χ0v) is 17.9. The Morgan fingerprint density at radius 2 is 1.78 bits per heavy atom. The summed E-state index contributed by atoms with van der Waals surface area (Å²) in [5.74, 6) is 1.44. The van der Waals surface area contributed by atoms with Gasteiger partial charge in [-0.15, -0.1) is 0 Å². The molecule has 2 aromatic carbocycles. The van der Waals surface area contributed by atoms with Crippen molar-refractivity contribution in [1.29, 1.82) is 0 Å². The maximum absolute atomic E-state index is 13.3. The molecule has 1 aliphatic heterocycles. The molecular weight excluding hydrogens is 406 g/mol. The molecule has 0 saturated heterocycles. The van der Waals surface area contributed by atoms with Crippen molar-refractivity contribution in [1.82, 2.24) is 18.7 Å². The molecule has 2 aromatic heterocycles. The molecule has 0 atom stereocenters. The first-order valence-corrected chi connectivity index (χ1v) is 10.4. The second-order valence-electron chi connectivity index (χ2n) is 7.66. The predicted octanol–water partition coefficient (Wildman–Crippen LogP) is 2.77. The molecule has 0 bridgehead atoms. The van der Waals surface area contributed by atoms with Crippen molar-refractivity contribution in [2.75, 3.05) is 18.6 Å². The van der Waals surface area contributed by atoms with Crippen LogP contribution >= 0.6 is 0 Å². The number of fused-ring (bicyclic) bond motifs is 3. The Bertz CT molecular complexity index is 1430. The first kappa shape index (κ1) is 19.9. The van der Waals surface area contributed by atoms with Crippen LogP contribution in [0.25, 0.3) is 17.2 Å². The quantitative estimate of drug-likeness (QED) is 0.488. The molecular formula is C24H23N5O3. The summed E-state index contributed by atoms with van der Waals surface area (Å²) in [6.07, 6.45) is 3.73. The molecule has 8 nitrogen and oxygen atoms in total. The minimum atomic E-state index is -0.381. The van der Waals surface area contributed by atoms with Crippen molar-refractivity contribution in [3.05, 3.63) is 87.1 Å². The normalized spacial score (nSPS) is 13.2. The molecule has 5 rings (SSSR count). The molecule has 0 fully saturated rings. The van der Waals surface area contributed by atoms with Crippen LogP contribution in [-0.2, 0) is 20.1 Å². The van der Waals surface area contributed by atoms with Gasteiger partial charge < -0.3 is 14.2 Å². The third kappa shape index (κ3) is 3.20. The Hall–Kier alpha value is -4.07. The second kappa shape index (κ2) is 7.88. The SMILES string of the molecule is COc1ccc(N2CCn3c2nc2c3c(=O)n(CC=Cc3ccccc3)c(=O)n2C)cc1. The van der Waals surface area contributed by atoms with Crippen LogP contribution in [0.1, 0.15) is 5.56 Å². The van der Waals surface area contributed by atoms with Gasteiger partial charge in [0.25, 0.3) is 5.56 Å². The zero-order chi connectivity index (χ0) is 22.2. The van der Waals surface area contributed by atoms with Gasteiger partial charge in [-0.1, -0.05) is 42.5 Å². The largest absolute Gasteiger partial charge is 0.497 e. The van der Waals surface area contributed by atoms with Crippen LogP contribution in [-0.4, -0.2) is 32.3 Å². The lowest BCUT2D eigenvalue weighted by atomic mass is 10.2. The van der Waals surface area contributed by atoms with Gasteiger partial charge in [0.2, 0.25) is 5.95 Å². The third-order valence-electron chi connectivity index (χ3n) is 5.78. The van der Waals surface area contributed by atoms with Gasteiger partial charge in [-0.05, 0) is 29.8 Å². The van der Waals surface area contributed by atoms with Crippen molar-refractivity contribution in [3.63, 3.8) is 0 Å². The molecule has 0 saturated carbocycles. The van der Waals surface area contributed by atoms with Crippen LogP contribution in [0.4, 0.5) is 11.6 Å². The molecule has 0 aliphatic carbocycles. The lowest BCUT2D eigenvalue weighted by molar-refractivity contribution is 0.415. The van der Waals surface area contributed by atoms with Gasteiger partial charge in [0.1, 0.15) is 5.75 Å². The van der Waals surface area contributed by atoms with Crippen molar-refractivity contribution in [2.45, 2.75) is 13.1 Å². The van der Waals surface area contributed by atoms with E-state index in [-0.39, 0.29) is 17.8 Å². The zero-order valence-electron chi connectivity index (χ0n) is 17.9. The Labute approximate surface area is 184 Å². The van der Waals surface area contributed by atoms with E-state index in [1.807, 2.05) is 76.2 Å². The van der Waals surface area contributed by atoms with Crippen LogP contribution in [0.15, 0.2) is 70.3 Å². The molecule has 1 aliphatic rings. The van der Waals surface area contributed by atoms with Gasteiger partial charge in [0, 0.05) is 32.4 Å². The summed E-state index contributed by atoms with van der Waals surface area (Å²) >= 11 is 0. The highest BCUT2D eigenvalue weighted by molar-refractivity contribution is 5.77. The number of rotatable bonds is 5. The molecule has 32 heavy (non-hydrogen) atoms. The van der Waals surface area contributed by atoms with Gasteiger partial charge in [0.15, 0.2) is 11.2 Å². The summed E-state index contributed by atoms with van der Waals surface area (Å²) in [6.45, 7) is 1.50. The van der Waals surface area contributed by atoms with E-state index in [1.165, 1.54) is 9.13 Å². The lowest BCUT2D eigenvalue weighted by Crippen LogP contribution is -2.39. The molecule has 0 unspecified atom stereocenters. The summed E-state index contributed by atoms with van der Waals surface area (Å²) in [4.78, 5) is 32.9. The standard InChI is InChI=1S/C24H23N5O3/c1-26-21-20(22(30)29(24(26)31)14-6-9-17-7-4-3-5-8-17)28-16-15-27(23(28)25-21)18-10-12-19(32-2)13-11-18/h3-13H,14-16H2,1-2H3. The van der Waals surface area contributed by atoms with Crippen LogP contribution in [0.2, 0.25) is 0 Å². The number of imidazole rings is 1. The molecule has 4 aromatic rings. The Kier molecular flexibility index (Phi) is 4.89. The topological polar surface area (TPSA) is 74.3 Å². The van der Waals surface area contributed by atoms with E-state index < -0.39 is 0 Å². The maximum Gasteiger partial charge on any atom is 0.332 e. The number of aromatic nitrogens is 4. The van der Waals surface area contributed by atoms with Crippen molar-refractivity contribution >= 4 is 28.9 Å². The molecule has 162 valence electrons. The first-order chi connectivity index (χ1) is 15.6. The fourth-order valence-corrected chi connectivity index (χ4v) is 4.10. The summed E-state index contributed by atoms with van der Waals surface area (Å²) in [5.41, 5.74) is 2.11. The van der Waals surface area contributed by atoms with Gasteiger partial charge in [-0.25, -0.2) is 4.79 Å². The number of anilines is 2. The fourth-order valence-electron chi connectivity index (χ4n) is 4.10. The highest BCUT2D eigenvalue weighted by Crippen LogP contribution is 2.32. The van der Waals surface area contributed by atoms with Crippen LogP contribution in [0.5, 0.6) is 5.75 Å². The predicted molar refractivity (Wildman–Crippen MR) is 125 cm³/mol. The van der Waals surface area contributed by atoms with E-state index in [0.717, 1.165) is 17.0 Å². The molecule has 3 heterocycles. The number of hydrogen-bond acceptors (Lipinski definition) is 5. The molecule has 8 heteroatoms.